The summed E-state index contributed by atoms with van der Waals surface area (Å²) >= 11 is 0. The van der Waals surface area contributed by atoms with Gasteiger partial charge in [0.2, 0.25) is 0 Å². The van der Waals surface area contributed by atoms with Gasteiger partial charge in [-0.25, -0.2) is 13.2 Å². The Bertz CT molecular complexity index is 434. The largest absolute Gasteiger partial charge is 0.493 e. The summed E-state index contributed by atoms with van der Waals surface area (Å²) in [6.07, 6.45) is -2.68. The Kier molecular flexibility index (Phi) is 4.66. The summed E-state index contributed by atoms with van der Waals surface area (Å²) < 4.78 is 44.1. The van der Waals surface area contributed by atoms with E-state index in [1.165, 1.54) is 13.2 Å². The van der Waals surface area contributed by atoms with Crippen molar-refractivity contribution in [3.63, 3.8) is 0 Å². The molecule has 0 unspecified atom stereocenters. The quantitative estimate of drug-likeness (QED) is 0.910. The van der Waals surface area contributed by atoms with E-state index in [0.29, 0.717) is 12.1 Å². The number of halogens is 3. The topological polar surface area (TPSA) is 24.5 Å². The molecule has 0 aliphatic carbocycles. The van der Waals surface area contributed by atoms with Gasteiger partial charge in [0, 0.05) is 43.9 Å². The molecule has 106 valence electrons. The third kappa shape index (κ3) is 3.39. The Labute approximate surface area is 110 Å². The van der Waals surface area contributed by atoms with Crippen molar-refractivity contribution in [3.05, 3.63) is 29.1 Å². The minimum atomic E-state index is -2.68. The van der Waals surface area contributed by atoms with Crippen LogP contribution < -0.4 is 10.1 Å². The molecule has 0 radical (unpaired) electrons. The highest BCUT2D eigenvalue weighted by molar-refractivity contribution is 5.39. The second-order valence-electron chi connectivity index (χ2n) is 4.52. The van der Waals surface area contributed by atoms with E-state index in [-0.39, 0.29) is 11.3 Å². The predicted octanol–water partition coefficient (Wildman–Crippen LogP) is 2.18. The molecular weight excluding hydrogens is 257 g/mol. The van der Waals surface area contributed by atoms with Crippen LogP contribution in [0.1, 0.15) is 17.6 Å². The molecule has 1 saturated heterocycles. The van der Waals surface area contributed by atoms with Crippen LogP contribution in [0.15, 0.2) is 12.1 Å². The maximum atomic E-state index is 13.7. The molecule has 6 heteroatoms. The van der Waals surface area contributed by atoms with Crippen LogP contribution in [-0.4, -0.2) is 38.2 Å². The summed E-state index contributed by atoms with van der Waals surface area (Å²) in [5.74, 6) is -0.673. The predicted molar refractivity (Wildman–Crippen MR) is 66.1 cm³/mol. The van der Waals surface area contributed by atoms with Gasteiger partial charge in [0.25, 0.3) is 6.43 Å². The zero-order valence-corrected chi connectivity index (χ0v) is 10.8. The lowest BCUT2D eigenvalue weighted by atomic mass is 10.1. The summed E-state index contributed by atoms with van der Waals surface area (Å²) in [6.45, 7) is 3.73. The van der Waals surface area contributed by atoms with Gasteiger partial charge in [-0.15, -0.1) is 0 Å². The highest BCUT2D eigenvalue weighted by Gasteiger charge is 2.19. The van der Waals surface area contributed by atoms with E-state index in [0.717, 1.165) is 32.2 Å². The van der Waals surface area contributed by atoms with Gasteiger partial charge >= 0.3 is 0 Å². The van der Waals surface area contributed by atoms with Crippen molar-refractivity contribution in [1.29, 1.82) is 0 Å². The minimum Gasteiger partial charge on any atom is -0.493 e. The monoisotopic (exact) mass is 274 g/mol. The van der Waals surface area contributed by atoms with Gasteiger partial charge in [0.05, 0.1) is 7.11 Å². The number of methoxy groups -OCH3 is 1. The number of nitrogens with zero attached hydrogens (tertiary/aromatic N) is 1. The first-order valence-corrected chi connectivity index (χ1v) is 6.19. The van der Waals surface area contributed by atoms with Crippen LogP contribution in [0, 0.1) is 5.82 Å². The van der Waals surface area contributed by atoms with Crippen LogP contribution in [0.5, 0.6) is 5.75 Å². The van der Waals surface area contributed by atoms with Gasteiger partial charge in [-0.1, -0.05) is 0 Å². The summed E-state index contributed by atoms with van der Waals surface area (Å²) in [6, 6.07) is 2.17. The SMILES string of the molecule is COc1c(F)cc(C(F)F)cc1CN1CCNCC1. The number of piperazine rings is 1. The van der Waals surface area contributed by atoms with E-state index in [1.54, 1.807) is 0 Å². The maximum absolute atomic E-state index is 13.7. The number of alkyl halides is 2. The van der Waals surface area contributed by atoms with Crippen molar-refractivity contribution in [1.82, 2.24) is 10.2 Å². The van der Waals surface area contributed by atoms with Crippen LogP contribution in [-0.2, 0) is 6.54 Å². The van der Waals surface area contributed by atoms with E-state index in [9.17, 15) is 13.2 Å². The molecular formula is C13H17F3N2O. The second-order valence-corrected chi connectivity index (χ2v) is 4.52. The van der Waals surface area contributed by atoms with E-state index in [2.05, 4.69) is 10.2 Å². The molecule has 1 aromatic rings. The lowest BCUT2D eigenvalue weighted by Crippen LogP contribution is -2.42. The van der Waals surface area contributed by atoms with Gasteiger partial charge in [-0.3, -0.25) is 4.90 Å². The minimum absolute atomic E-state index is 0.0583. The van der Waals surface area contributed by atoms with E-state index < -0.39 is 12.2 Å². The average Bonchev–Trinajstić information content (AvgIpc) is 2.39. The van der Waals surface area contributed by atoms with Crippen molar-refractivity contribution in [2.45, 2.75) is 13.0 Å². The molecule has 0 amide bonds. The number of benzene rings is 1. The van der Waals surface area contributed by atoms with Gasteiger partial charge in [-0.05, 0) is 12.1 Å². The summed E-state index contributed by atoms with van der Waals surface area (Å²) in [7, 11) is 1.35. The molecule has 3 nitrogen and oxygen atoms in total. The Morgan fingerprint density at radius 1 is 1.32 bits per heavy atom. The standard InChI is InChI=1S/C13H17F3N2O/c1-19-12-10(8-18-4-2-17-3-5-18)6-9(13(15)16)7-11(12)14/h6-7,13,17H,2-5,8H2,1H3. The number of ether oxygens (including phenoxy) is 1. The van der Waals surface area contributed by atoms with Crippen LogP contribution >= 0.6 is 0 Å². The molecule has 1 aliphatic rings. The zero-order chi connectivity index (χ0) is 13.8. The molecule has 0 atom stereocenters. The van der Waals surface area contributed by atoms with Crippen molar-refractivity contribution < 1.29 is 17.9 Å². The Hall–Kier alpha value is -1.27. The fourth-order valence-electron chi connectivity index (χ4n) is 2.26. The smallest absolute Gasteiger partial charge is 0.263 e. The molecule has 0 saturated carbocycles. The van der Waals surface area contributed by atoms with Crippen LogP contribution in [0.2, 0.25) is 0 Å². The summed E-state index contributed by atoms with van der Waals surface area (Å²) in [4.78, 5) is 2.09. The molecule has 0 aromatic heterocycles. The number of hydrogen-bond acceptors (Lipinski definition) is 3. The highest BCUT2D eigenvalue weighted by atomic mass is 19.3. The number of nitrogens with one attached hydrogen (secondary N) is 1. The summed E-state index contributed by atoms with van der Waals surface area (Å²) in [5.41, 5.74) is 0.170. The summed E-state index contributed by atoms with van der Waals surface area (Å²) in [5, 5.41) is 3.20. The van der Waals surface area contributed by atoms with Crippen LogP contribution in [0.25, 0.3) is 0 Å². The number of hydrogen-bond donors (Lipinski definition) is 1. The molecule has 19 heavy (non-hydrogen) atoms. The molecule has 1 aliphatic heterocycles. The van der Waals surface area contributed by atoms with Crippen molar-refractivity contribution >= 4 is 0 Å². The van der Waals surface area contributed by atoms with Crippen molar-refractivity contribution in [3.8, 4) is 5.75 Å². The molecule has 1 aromatic carbocycles. The Balaban J connectivity index is 2.25. The molecule has 1 heterocycles. The van der Waals surface area contributed by atoms with Gasteiger partial charge in [0.15, 0.2) is 11.6 Å². The van der Waals surface area contributed by atoms with E-state index in [4.69, 9.17) is 4.74 Å². The first-order chi connectivity index (χ1) is 9.11. The second kappa shape index (κ2) is 6.25. The van der Waals surface area contributed by atoms with E-state index in [1.807, 2.05) is 0 Å². The average molecular weight is 274 g/mol. The van der Waals surface area contributed by atoms with Crippen molar-refractivity contribution in [2.24, 2.45) is 0 Å². The molecule has 0 bridgehead atoms. The first kappa shape index (κ1) is 14.1. The fraction of sp³-hybridized carbons (Fsp3) is 0.538. The van der Waals surface area contributed by atoms with Crippen LogP contribution in [0.4, 0.5) is 13.2 Å². The maximum Gasteiger partial charge on any atom is 0.263 e. The number of rotatable bonds is 4. The molecule has 2 rings (SSSR count). The van der Waals surface area contributed by atoms with Crippen LogP contribution in [0.3, 0.4) is 0 Å². The third-order valence-electron chi connectivity index (χ3n) is 3.20. The molecule has 1 N–H and O–H groups in total. The third-order valence-corrected chi connectivity index (χ3v) is 3.20. The Morgan fingerprint density at radius 2 is 2.00 bits per heavy atom. The van der Waals surface area contributed by atoms with Crippen molar-refractivity contribution in [2.75, 3.05) is 33.3 Å². The lowest BCUT2D eigenvalue weighted by molar-refractivity contribution is 0.150. The molecule has 0 spiro atoms. The molecule has 1 fully saturated rings. The fourth-order valence-corrected chi connectivity index (χ4v) is 2.26. The van der Waals surface area contributed by atoms with Gasteiger partial charge in [0.1, 0.15) is 0 Å². The Morgan fingerprint density at radius 3 is 2.58 bits per heavy atom. The van der Waals surface area contributed by atoms with Gasteiger partial charge < -0.3 is 10.1 Å². The highest BCUT2D eigenvalue weighted by Crippen LogP contribution is 2.30. The lowest BCUT2D eigenvalue weighted by Gasteiger charge is -2.28. The van der Waals surface area contributed by atoms with Gasteiger partial charge in [-0.2, -0.15) is 0 Å². The zero-order valence-electron chi connectivity index (χ0n) is 10.8. The van der Waals surface area contributed by atoms with E-state index >= 15 is 0 Å². The normalized spacial score (nSPS) is 16.9. The first-order valence-electron chi connectivity index (χ1n) is 6.19.